The van der Waals surface area contributed by atoms with Gasteiger partial charge in [-0.1, -0.05) is 11.6 Å². The minimum absolute atomic E-state index is 1.05. The number of hydrogen-bond donors (Lipinski definition) is 0. The Balaban J connectivity index is 2.75. The highest BCUT2D eigenvalue weighted by Crippen LogP contribution is 2.06. The Bertz CT molecular complexity index is 182. The molecule has 1 heteroatoms. The van der Waals surface area contributed by atoms with Crippen LogP contribution in [0.2, 0.25) is 0 Å². The highest BCUT2D eigenvalue weighted by atomic mass is 14.7. The molecule has 0 bridgehead atoms. The van der Waals surface area contributed by atoms with Crippen molar-refractivity contribution >= 4 is 6.21 Å². The zero-order valence-electron chi connectivity index (χ0n) is 5.89. The Kier molecular flexibility index (Phi) is 1.83. The lowest BCUT2D eigenvalue weighted by molar-refractivity contribution is 1.19. The lowest BCUT2D eigenvalue weighted by Gasteiger charge is -1.88. The molecule has 0 fully saturated rings. The molecule has 48 valence electrons. The van der Waals surface area contributed by atoms with E-state index in [1.807, 2.05) is 12.4 Å². The smallest absolute Gasteiger partial charge is 0.0293 e. The van der Waals surface area contributed by atoms with Crippen molar-refractivity contribution in [3.63, 3.8) is 0 Å². The Morgan fingerprint density at radius 2 is 2.22 bits per heavy atom. The van der Waals surface area contributed by atoms with Crippen molar-refractivity contribution in [1.29, 1.82) is 0 Å². The van der Waals surface area contributed by atoms with E-state index in [-0.39, 0.29) is 0 Å². The Morgan fingerprint density at radius 1 is 1.44 bits per heavy atom. The van der Waals surface area contributed by atoms with E-state index in [1.54, 1.807) is 0 Å². The van der Waals surface area contributed by atoms with E-state index in [4.69, 9.17) is 0 Å². The molecule has 0 atom stereocenters. The first-order chi connectivity index (χ1) is 4.29. The van der Waals surface area contributed by atoms with Crippen LogP contribution >= 0.6 is 0 Å². The van der Waals surface area contributed by atoms with Gasteiger partial charge in [-0.2, -0.15) is 0 Å². The van der Waals surface area contributed by atoms with Crippen molar-refractivity contribution in [2.45, 2.75) is 20.3 Å². The zero-order chi connectivity index (χ0) is 6.69. The molecule has 1 nitrogen and oxygen atoms in total. The molecule has 1 aliphatic rings. The monoisotopic (exact) mass is 121 g/mol. The molecule has 0 unspecified atom stereocenters. The van der Waals surface area contributed by atoms with Crippen LogP contribution < -0.4 is 0 Å². The predicted octanol–water partition coefficient (Wildman–Crippen LogP) is 2.31. The number of nitrogens with zero attached hydrogens (tertiary/aromatic N) is 1. The topological polar surface area (TPSA) is 12.4 Å². The highest BCUT2D eigenvalue weighted by Gasteiger charge is 1.89. The van der Waals surface area contributed by atoms with Crippen LogP contribution in [0.3, 0.4) is 0 Å². The number of rotatable bonds is 0. The van der Waals surface area contributed by atoms with Gasteiger partial charge in [-0.25, -0.2) is 0 Å². The summed E-state index contributed by atoms with van der Waals surface area (Å²) >= 11 is 0. The molecule has 1 aliphatic heterocycles. The second-order valence-corrected chi connectivity index (χ2v) is 2.41. The fraction of sp³-hybridized carbons (Fsp3) is 0.375. The predicted molar refractivity (Wildman–Crippen MR) is 40.6 cm³/mol. The van der Waals surface area contributed by atoms with Gasteiger partial charge in [0.25, 0.3) is 0 Å². The van der Waals surface area contributed by atoms with Gasteiger partial charge >= 0.3 is 0 Å². The molecule has 0 aromatic carbocycles. The van der Waals surface area contributed by atoms with Crippen LogP contribution in [0.15, 0.2) is 28.4 Å². The van der Waals surface area contributed by atoms with E-state index in [0.29, 0.717) is 0 Å². The molecule has 0 N–H and O–H groups in total. The largest absolute Gasteiger partial charge is 0.265 e. The molecule has 1 rings (SSSR count). The second kappa shape index (κ2) is 2.62. The van der Waals surface area contributed by atoms with Gasteiger partial charge in [0.2, 0.25) is 0 Å². The van der Waals surface area contributed by atoms with E-state index in [2.05, 4.69) is 24.9 Å². The van der Waals surface area contributed by atoms with Crippen molar-refractivity contribution < 1.29 is 0 Å². The molecular weight excluding hydrogens is 110 g/mol. The molecule has 0 spiro atoms. The average molecular weight is 121 g/mol. The number of aliphatic imine (C=N–C) groups is 1. The van der Waals surface area contributed by atoms with Crippen molar-refractivity contribution in [3.05, 3.63) is 23.4 Å². The molecule has 0 saturated heterocycles. The summed E-state index contributed by atoms with van der Waals surface area (Å²) in [5, 5.41) is 0. The van der Waals surface area contributed by atoms with E-state index in [1.165, 1.54) is 11.1 Å². The summed E-state index contributed by atoms with van der Waals surface area (Å²) in [6, 6.07) is 0. The van der Waals surface area contributed by atoms with E-state index in [9.17, 15) is 0 Å². The van der Waals surface area contributed by atoms with Crippen LogP contribution in [0, 0.1) is 0 Å². The molecule has 0 aliphatic carbocycles. The minimum atomic E-state index is 1.05. The van der Waals surface area contributed by atoms with Gasteiger partial charge in [-0.05, 0) is 25.8 Å². The third kappa shape index (κ3) is 1.84. The maximum atomic E-state index is 4.08. The van der Waals surface area contributed by atoms with E-state index < -0.39 is 0 Å². The first-order valence-electron chi connectivity index (χ1n) is 3.14. The Hall–Kier alpha value is -0.850. The SMILES string of the molecule is CC1=CCC(C)=CN=C1. The quantitative estimate of drug-likeness (QED) is 0.466. The summed E-state index contributed by atoms with van der Waals surface area (Å²) in [5.41, 5.74) is 2.58. The summed E-state index contributed by atoms with van der Waals surface area (Å²) in [4.78, 5) is 4.08. The van der Waals surface area contributed by atoms with Crippen molar-refractivity contribution in [1.82, 2.24) is 0 Å². The summed E-state index contributed by atoms with van der Waals surface area (Å²) < 4.78 is 0. The molecule has 0 aromatic rings. The number of hydrogen-bond acceptors (Lipinski definition) is 1. The molecule has 0 saturated carbocycles. The van der Waals surface area contributed by atoms with Gasteiger partial charge in [0.15, 0.2) is 0 Å². The zero-order valence-corrected chi connectivity index (χ0v) is 5.89. The third-order valence-electron chi connectivity index (χ3n) is 1.32. The van der Waals surface area contributed by atoms with Crippen molar-refractivity contribution in [2.75, 3.05) is 0 Å². The Labute approximate surface area is 55.8 Å². The fourth-order valence-electron chi connectivity index (χ4n) is 0.709. The van der Waals surface area contributed by atoms with Gasteiger partial charge in [0, 0.05) is 12.4 Å². The van der Waals surface area contributed by atoms with E-state index >= 15 is 0 Å². The highest BCUT2D eigenvalue weighted by molar-refractivity contribution is 5.78. The first kappa shape index (κ1) is 6.27. The molecular formula is C8H11N. The normalized spacial score (nSPS) is 18.4. The van der Waals surface area contributed by atoms with Gasteiger partial charge in [0.1, 0.15) is 0 Å². The fourth-order valence-corrected chi connectivity index (χ4v) is 0.709. The van der Waals surface area contributed by atoms with Crippen LogP contribution in [0.1, 0.15) is 20.3 Å². The summed E-state index contributed by atoms with van der Waals surface area (Å²) in [7, 11) is 0. The lowest BCUT2D eigenvalue weighted by Crippen LogP contribution is -1.73. The molecule has 0 radical (unpaired) electrons. The standard InChI is InChI=1S/C8H11N/c1-7-3-4-8(2)6-9-5-7/h3,5-6H,4H2,1-2H3. The van der Waals surface area contributed by atoms with Crippen LogP contribution in [-0.2, 0) is 0 Å². The summed E-state index contributed by atoms with van der Waals surface area (Å²) in [6.07, 6.45) is 7.03. The third-order valence-corrected chi connectivity index (χ3v) is 1.32. The minimum Gasteiger partial charge on any atom is -0.265 e. The molecule has 0 amide bonds. The molecule has 1 heterocycles. The van der Waals surface area contributed by atoms with Crippen LogP contribution in [-0.4, -0.2) is 6.21 Å². The van der Waals surface area contributed by atoms with Gasteiger partial charge < -0.3 is 0 Å². The van der Waals surface area contributed by atoms with Gasteiger partial charge in [0.05, 0.1) is 0 Å². The van der Waals surface area contributed by atoms with E-state index in [0.717, 1.165) is 6.42 Å². The van der Waals surface area contributed by atoms with Gasteiger partial charge in [-0.15, -0.1) is 0 Å². The van der Waals surface area contributed by atoms with Crippen LogP contribution in [0.25, 0.3) is 0 Å². The molecule has 9 heavy (non-hydrogen) atoms. The lowest BCUT2D eigenvalue weighted by atomic mass is 10.2. The van der Waals surface area contributed by atoms with Crippen molar-refractivity contribution in [3.8, 4) is 0 Å². The maximum Gasteiger partial charge on any atom is 0.0293 e. The number of allylic oxidation sites excluding steroid dienone is 3. The average Bonchev–Trinajstić information content (AvgIpc) is 1.97. The van der Waals surface area contributed by atoms with Gasteiger partial charge in [-0.3, -0.25) is 4.99 Å². The molecule has 0 aromatic heterocycles. The maximum absolute atomic E-state index is 4.08. The summed E-state index contributed by atoms with van der Waals surface area (Å²) in [6.45, 7) is 4.16. The second-order valence-electron chi connectivity index (χ2n) is 2.41. The van der Waals surface area contributed by atoms with Crippen LogP contribution in [0.5, 0.6) is 0 Å². The van der Waals surface area contributed by atoms with Crippen LogP contribution in [0.4, 0.5) is 0 Å². The Morgan fingerprint density at radius 3 is 3.00 bits per heavy atom. The first-order valence-corrected chi connectivity index (χ1v) is 3.14. The summed E-state index contributed by atoms with van der Waals surface area (Å²) in [5.74, 6) is 0. The van der Waals surface area contributed by atoms with Crippen molar-refractivity contribution in [2.24, 2.45) is 4.99 Å².